The van der Waals surface area contributed by atoms with E-state index < -0.39 is 0 Å². The van der Waals surface area contributed by atoms with Gasteiger partial charge in [-0.3, -0.25) is 14.6 Å². The van der Waals surface area contributed by atoms with Gasteiger partial charge < -0.3 is 19.5 Å². The molecule has 8 nitrogen and oxygen atoms in total. The first kappa shape index (κ1) is 27.7. The van der Waals surface area contributed by atoms with Gasteiger partial charge in [0.2, 0.25) is 0 Å². The molecule has 0 saturated heterocycles. The fraction of sp³-hybridized carbons (Fsp3) is 0.242. The predicted molar refractivity (Wildman–Crippen MR) is 162 cm³/mol. The van der Waals surface area contributed by atoms with Crippen LogP contribution in [0.25, 0.3) is 30.4 Å². The summed E-state index contributed by atoms with van der Waals surface area (Å²) in [5.74, 6) is -0.311. The summed E-state index contributed by atoms with van der Waals surface area (Å²) in [6.07, 6.45) is 12.9. The molecule has 0 bridgehead atoms. The van der Waals surface area contributed by atoms with Crippen molar-refractivity contribution in [2.24, 2.45) is 9.98 Å². The Morgan fingerprint density at radius 1 is 0.976 bits per heavy atom. The van der Waals surface area contributed by atoms with Crippen LogP contribution in [0.5, 0.6) is 0 Å². The fourth-order valence-corrected chi connectivity index (χ4v) is 5.28. The molecule has 0 fully saturated rings. The molecule has 0 spiro atoms. The summed E-state index contributed by atoms with van der Waals surface area (Å²) in [5.41, 5.74) is 9.36. The first-order valence-corrected chi connectivity index (χ1v) is 13.5. The smallest absolute Gasteiger partial charge is 0.311 e. The highest BCUT2D eigenvalue weighted by Crippen LogP contribution is 2.30. The van der Waals surface area contributed by atoms with E-state index in [9.17, 15) is 14.4 Å². The third kappa shape index (κ3) is 5.20. The van der Waals surface area contributed by atoms with Crippen LogP contribution in [0, 0.1) is 13.8 Å². The molecule has 2 N–H and O–H groups in total. The van der Waals surface area contributed by atoms with Gasteiger partial charge in [0.1, 0.15) is 11.5 Å². The minimum atomic E-state index is -0.365. The van der Waals surface area contributed by atoms with Crippen LogP contribution >= 0.6 is 0 Å². The van der Waals surface area contributed by atoms with Crippen molar-refractivity contribution in [3.8, 4) is 0 Å². The van der Waals surface area contributed by atoms with Crippen LogP contribution < -0.4 is 10.7 Å². The lowest BCUT2D eigenvalue weighted by Crippen LogP contribution is -2.18. The molecule has 8 heteroatoms. The Bertz CT molecular complexity index is 1830. The zero-order valence-corrected chi connectivity index (χ0v) is 23.7. The topological polar surface area (TPSA) is 117 Å². The van der Waals surface area contributed by atoms with E-state index in [0.29, 0.717) is 30.5 Å². The number of amides is 1. The first-order chi connectivity index (χ1) is 19.6. The number of carbonyl (C=O) groups excluding carboxylic acids is 3. The van der Waals surface area contributed by atoms with Crippen molar-refractivity contribution in [1.82, 2.24) is 9.97 Å². The number of Topliss-reactive ketones (excluding diaryl/α,β-unsaturated/α-hetero) is 1. The van der Waals surface area contributed by atoms with E-state index in [1.54, 1.807) is 19.1 Å². The summed E-state index contributed by atoms with van der Waals surface area (Å²) in [6.45, 7) is 15.6. The number of carbonyl (C=O) groups is 3. The molecule has 0 saturated carbocycles. The van der Waals surface area contributed by atoms with Crippen LogP contribution in [-0.2, 0) is 19.1 Å². The second-order valence-corrected chi connectivity index (χ2v) is 10.4. The summed E-state index contributed by atoms with van der Waals surface area (Å²) < 4.78 is 5.37. The van der Waals surface area contributed by atoms with Gasteiger partial charge in [0.15, 0.2) is 5.76 Å². The lowest BCUT2D eigenvalue weighted by Gasteiger charge is -2.12. The highest BCUT2D eigenvalue weighted by molar-refractivity contribution is 6.31. The number of allylic oxidation sites excluding steroid dienone is 3. The highest BCUT2D eigenvalue weighted by atomic mass is 16.5. The number of ketones is 1. The van der Waals surface area contributed by atoms with Crippen LogP contribution in [-0.4, -0.2) is 39.6 Å². The number of H-pyrrole nitrogens is 2. The molecule has 0 atom stereocenters. The molecule has 0 radical (unpaired) electrons. The summed E-state index contributed by atoms with van der Waals surface area (Å²) in [7, 11) is 0. The van der Waals surface area contributed by atoms with Gasteiger partial charge in [-0.05, 0) is 81.0 Å². The van der Waals surface area contributed by atoms with E-state index >= 15 is 0 Å². The van der Waals surface area contributed by atoms with E-state index in [4.69, 9.17) is 4.74 Å². The van der Waals surface area contributed by atoms with E-state index in [0.717, 1.165) is 61.2 Å². The third-order valence-corrected chi connectivity index (χ3v) is 7.75. The lowest BCUT2D eigenvalue weighted by atomic mass is 10.0. The molecule has 2 aromatic heterocycles. The number of aromatic amines is 2. The number of hydrogen-bond acceptors (Lipinski definition) is 5. The van der Waals surface area contributed by atoms with Gasteiger partial charge in [-0.15, -0.1) is 0 Å². The maximum Gasteiger partial charge on any atom is 0.311 e. The second-order valence-electron chi connectivity index (χ2n) is 10.4. The van der Waals surface area contributed by atoms with Crippen LogP contribution in [0.1, 0.15) is 73.2 Å². The number of aromatic nitrogens is 2. The first-order valence-electron chi connectivity index (χ1n) is 13.5. The van der Waals surface area contributed by atoms with Gasteiger partial charge in [-0.2, -0.15) is 0 Å². The molecule has 2 aromatic rings. The second kappa shape index (κ2) is 11.0. The van der Waals surface area contributed by atoms with Crippen LogP contribution in [0.4, 0.5) is 0 Å². The van der Waals surface area contributed by atoms with Gasteiger partial charge in [-0.1, -0.05) is 25.3 Å². The van der Waals surface area contributed by atoms with Crippen molar-refractivity contribution in [2.45, 2.75) is 53.4 Å². The van der Waals surface area contributed by atoms with Crippen molar-refractivity contribution in [1.29, 1.82) is 0 Å². The van der Waals surface area contributed by atoms with Crippen LogP contribution in [0.2, 0.25) is 0 Å². The molecule has 208 valence electrons. The molecule has 1 amide bonds. The Morgan fingerprint density at radius 2 is 1.73 bits per heavy atom. The molecular weight excluding hydrogens is 516 g/mol. The van der Waals surface area contributed by atoms with Gasteiger partial charge in [-0.25, -0.2) is 4.99 Å². The summed E-state index contributed by atoms with van der Waals surface area (Å²) >= 11 is 0. The molecule has 0 unspecified atom stereocenters. The van der Waals surface area contributed by atoms with Gasteiger partial charge in [0.05, 0.1) is 17.7 Å². The Kier molecular flexibility index (Phi) is 7.41. The lowest BCUT2D eigenvalue weighted by molar-refractivity contribution is -0.139. The number of ether oxygens (including phenoxy) is 1. The molecule has 41 heavy (non-hydrogen) atoms. The number of nitrogens with one attached hydrogen (secondary N) is 2. The third-order valence-electron chi connectivity index (χ3n) is 7.75. The van der Waals surface area contributed by atoms with E-state index in [1.807, 2.05) is 45.2 Å². The Balaban J connectivity index is 1.55. The molecule has 0 aromatic carbocycles. The fourth-order valence-electron chi connectivity index (χ4n) is 5.28. The minimum Gasteiger partial charge on any atom is -0.424 e. The average Bonchev–Trinajstić information content (AvgIpc) is 3.62. The number of rotatable bonds is 8. The molecular formula is C33H32N4O4. The molecule has 5 rings (SSSR count). The number of aliphatic imine (C=N–C) groups is 2. The van der Waals surface area contributed by atoms with Crippen molar-refractivity contribution in [3.05, 3.63) is 85.7 Å². The van der Waals surface area contributed by atoms with E-state index in [1.165, 1.54) is 0 Å². The average molecular weight is 549 g/mol. The van der Waals surface area contributed by atoms with Gasteiger partial charge >= 0.3 is 5.97 Å². The number of hydrogen-bond donors (Lipinski definition) is 2. The maximum absolute atomic E-state index is 12.4. The summed E-state index contributed by atoms with van der Waals surface area (Å²) in [4.78, 5) is 51.3. The molecule has 3 aliphatic heterocycles. The van der Waals surface area contributed by atoms with Crippen molar-refractivity contribution in [2.75, 3.05) is 0 Å². The van der Waals surface area contributed by atoms with Crippen molar-refractivity contribution in [3.63, 3.8) is 0 Å². The molecule has 3 aliphatic rings. The molecule has 5 heterocycles. The Labute approximate surface area is 238 Å². The monoisotopic (exact) mass is 548 g/mol. The largest absolute Gasteiger partial charge is 0.424 e. The van der Waals surface area contributed by atoms with Crippen LogP contribution in [0.15, 0.2) is 51.3 Å². The Morgan fingerprint density at radius 3 is 2.44 bits per heavy atom. The van der Waals surface area contributed by atoms with Gasteiger partial charge in [0.25, 0.3) is 5.91 Å². The van der Waals surface area contributed by atoms with Crippen LogP contribution in [0.3, 0.4) is 0 Å². The molecule has 0 aliphatic carbocycles. The zero-order chi connectivity index (χ0) is 29.4. The normalized spacial score (nSPS) is 18.5. The highest BCUT2D eigenvalue weighted by Gasteiger charge is 2.32. The van der Waals surface area contributed by atoms with Crippen molar-refractivity contribution >= 4 is 60.0 Å². The van der Waals surface area contributed by atoms with Gasteiger partial charge in [0, 0.05) is 45.8 Å². The SMILES string of the molecule is C=Cc1c(C=C2N=CC(CCC(C)=O)=C2C)[nH]c(C=c2[nH]c(=CC3=NC(=O)C4=C3OC(=O)CC4)c(C)c2C=C)c1C. The standard InChI is InChI=1S/C33H32N4O4/c1-7-22-19(5)26(35-28(22)13-25-18(4)21(16-34-25)10-9-17(3)38)14-29-23(8-2)20(6)27(36-29)15-30-32-24(33(40)37-30)11-12-31(39)41-32/h7-8,13-16,35-36H,1-2,9-12H2,3-6H3. The summed E-state index contributed by atoms with van der Waals surface area (Å²) in [5, 5.41) is 1.56. The zero-order valence-electron chi connectivity index (χ0n) is 23.7. The Hall–Kier alpha value is -4.85. The quantitative estimate of drug-likeness (QED) is 0.471. The van der Waals surface area contributed by atoms with E-state index in [2.05, 4.69) is 33.1 Å². The minimum absolute atomic E-state index is 0.161. The number of nitrogens with zero attached hydrogens (tertiary/aromatic N) is 2. The van der Waals surface area contributed by atoms with E-state index in [-0.39, 0.29) is 29.8 Å². The summed E-state index contributed by atoms with van der Waals surface area (Å²) in [6, 6.07) is 0. The predicted octanol–water partition coefficient (Wildman–Crippen LogP) is 4.54. The number of esters is 1. The van der Waals surface area contributed by atoms with Crippen molar-refractivity contribution < 1.29 is 19.1 Å². The maximum atomic E-state index is 12.4.